The predicted octanol–water partition coefficient (Wildman–Crippen LogP) is 2.52. The summed E-state index contributed by atoms with van der Waals surface area (Å²) in [7, 11) is -2.50. The highest BCUT2D eigenvalue weighted by Gasteiger charge is 2.25. The van der Waals surface area contributed by atoms with Crippen molar-refractivity contribution in [2.45, 2.75) is 19.9 Å². The maximum Gasteiger partial charge on any atom is 0.321 e. The summed E-state index contributed by atoms with van der Waals surface area (Å²) in [5, 5.41) is 1.64. The van der Waals surface area contributed by atoms with Crippen LogP contribution >= 0.6 is 11.6 Å². The van der Waals surface area contributed by atoms with Crippen LogP contribution < -0.4 is 0 Å². The number of hydrogen-bond acceptors (Lipinski definition) is 4. The molecule has 1 rings (SSSR count). The largest absolute Gasteiger partial charge is 0.468 e. The van der Waals surface area contributed by atoms with E-state index < -0.39 is 16.0 Å². The molecule has 0 atom stereocenters. The number of ether oxygens (including phenoxy) is 1. The SMILES string of the molecule is COC(=O)CN(C(C)C)S(=O)(=O)/C=C/c1ccc(Cl)cc1. The molecule has 0 spiro atoms. The molecule has 0 bridgehead atoms. The summed E-state index contributed by atoms with van der Waals surface area (Å²) in [6.07, 6.45) is 1.46. The predicted molar refractivity (Wildman–Crippen MR) is 83.3 cm³/mol. The number of carbonyl (C=O) groups excluding carboxylic acids is 1. The van der Waals surface area contributed by atoms with Gasteiger partial charge in [-0.2, -0.15) is 4.31 Å². The van der Waals surface area contributed by atoms with Crippen LogP contribution in [0.2, 0.25) is 5.02 Å². The summed E-state index contributed by atoms with van der Waals surface area (Å²) in [5.74, 6) is -0.604. The second kappa shape index (κ2) is 7.59. The lowest BCUT2D eigenvalue weighted by atomic mass is 10.2. The van der Waals surface area contributed by atoms with Crippen molar-refractivity contribution < 1.29 is 17.9 Å². The molecule has 0 aromatic heterocycles. The van der Waals surface area contributed by atoms with Crippen LogP contribution in [0.1, 0.15) is 19.4 Å². The Balaban J connectivity index is 2.95. The number of carbonyl (C=O) groups is 1. The number of sulfonamides is 1. The summed E-state index contributed by atoms with van der Waals surface area (Å²) in [6, 6.07) is 6.39. The number of nitrogens with zero attached hydrogens (tertiary/aromatic N) is 1. The topological polar surface area (TPSA) is 63.7 Å². The maximum absolute atomic E-state index is 12.3. The van der Waals surface area contributed by atoms with E-state index in [0.29, 0.717) is 10.6 Å². The number of esters is 1. The standard InChI is InChI=1S/C14H18ClNO4S/c1-11(2)16(10-14(17)20-3)21(18,19)9-8-12-4-6-13(15)7-5-12/h4-9,11H,10H2,1-3H3/b9-8+. The molecule has 0 amide bonds. The van der Waals surface area contributed by atoms with Crippen LogP contribution in [0.3, 0.4) is 0 Å². The maximum atomic E-state index is 12.3. The highest BCUT2D eigenvalue weighted by molar-refractivity contribution is 7.92. The molecule has 0 aliphatic heterocycles. The van der Waals surface area contributed by atoms with Gasteiger partial charge < -0.3 is 4.74 Å². The smallest absolute Gasteiger partial charge is 0.321 e. The summed E-state index contributed by atoms with van der Waals surface area (Å²) < 4.78 is 30.1. The van der Waals surface area contributed by atoms with Crippen molar-refractivity contribution in [1.29, 1.82) is 0 Å². The molecular formula is C14H18ClNO4S. The third-order valence-electron chi connectivity index (χ3n) is 2.72. The molecule has 0 N–H and O–H groups in total. The Bertz CT molecular complexity index is 608. The average molecular weight is 332 g/mol. The van der Waals surface area contributed by atoms with Gasteiger partial charge in [0.15, 0.2) is 0 Å². The molecule has 1 aromatic rings. The van der Waals surface area contributed by atoms with Crippen LogP contribution in [0.5, 0.6) is 0 Å². The molecule has 5 nitrogen and oxygen atoms in total. The fourth-order valence-electron chi connectivity index (χ4n) is 1.57. The lowest BCUT2D eigenvalue weighted by Gasteiger charge is -2.22. The lowest BCUT2D eigenvalue weighted by molar-refractivity contribution is -0.141. The molecule has 21 heavy (non-hydrogen) atoms. The highest BCUT2D eigenvalue weighted by atomic mass is 35.5. The van der Waals surface area contributed by atoms with Crippen molar-refractivity contribution in [3.8, 4) is 0 Å². The van der Waals surface area contributed by atoms with E-state index in [1.165, 1.54) is 13.2 Å². The van der Waals surface area contributed by atoms with Crippen LogP contribution in [0.4, 0.5) is 0 Å². The van der Waals surface area contributed by atoms with Crippen LogP contribution in [-0.2, 0) is 19.6 Å². The van der Waals surface area contributed by atoms with Crippen LogP contribution in [0, 0.1) is 0 Å². The van der Waals surface area contributed by atoms with Gasteiger partial charge in [-0.1, -0.05) is 23.7 Å². The summed E-state index contributed by atoms with van der Waals surface area (Å²) >= 11 is 5.77. The Morgan fingerprint density at radius 2 is 1.90 bits per heavy atom. The molecule has 0 heterocycles. The van der Waals surface area contributed by atoms with Gasteiger partial charge in [-0.15, -0.1) is 0 Å². The molecule has 116 valence electrons. The zero-order valence-electron chi connectivity index (χ0n) is 12.1. The van der Waals surface area contributed by atoms with E-state index in [2.05, 4.69) is 4.74 Å². The quantitative estimate of drug-likeness (QED) is 0.751. The van der Waals surface area contributed by atoms with Crippen molar-refractivity contribution >= 4 is 33.7 Å². The minimum Gasteiger partial charge on any atom is -0.468 e. The zero-order valence-corrected chi connectivity index (χ0v) is 13.7. The van der Waals surface area contributed by atoms with E-state index in [9.17, 15) is 13.2 Å². The summed E-state index contributed by atoms with van der Waals surface area (Å²) in [5.41, 5.74) is 0.699. The Kier molecular flexibility index (Phi) is 6.39. The Hall–Kier alpha value is -1.37. The first-order valence-electron chi connectivity index (χ1n) is 6.28. The van der Waals surface area contributed by atoms with E-state index in [1.807, 2.05) is 0 Å². The van der Waals surface area contributed by atoms with Crippen LogP contribution in [-0.4, -0.2) is 38.4 Å². The van der Waals surface area contributed by atoms with Crippen molar-refractivity contribution in [1.82, 2.24) is 4.31 Å². The second-order valence-corrected chi connectivity index (χ2v) is 6.82. The first-order chi connectivity index (χ1) is 9.76. The first kappa shape index (κ1) is 17.7. The molecule has 0 unspecified atom stereocenters. The fraction of sp³-hybridized carbons (Fsp3) is 0.357. The lowest BCUT2D eigenvalue weighted by Crippen LogP contribution is -2.39. The second-order valence-electron chi connectivity index (χ2n) is 4.61. The monoisotopic (exact) mass is 331 g/mol. The third kappa shape index (κ3) is 5.49. The Labute approximate surface area is 130 Å². The van der Waals surface area contributed by atoms with E-state index in [4.69, 9.17) is 11.6 Å². The molecule has 1 aromatic carbocycles. The van der Waals surface area contributed by atoms with E-state index in [0.717, 1.165) is 9.71 Å². The zero-order chi connectivity index (χ0) is 16.0. The minimum atomic E-state index is -3.72. The van der Waals surface area contributed by atoms with Gasteiger partial charge in [0.2, 0.25) is 10.0 Å². The highest BCUT2D eigenvalue weighted by Crippen LogP contribution is 2.14. The van der Waals surface area contributed by atoms with Crippen molar-refractivity contribution in [3.05, 3.63) is 40.3 Å². The van der Waals surface area contributed by atoms with Crippen molar-refractivity contribution in [2.24, 2.45) is 0 Å². The van der Waals surface area contributed by atoms with Gasteiger partial charge >= 0.3 is 5.97 Å². The minimum absolute atomic E-state index is 0.318. The Morgan fingerprint density at radius 3 is 2.38 bits per heavy atom. The summed E-state index contributed by atoms with van der Waals surface area (Å²) in [6.45, 7) is 3.06. The van der Waals surface area contributed by atoms with Gasteiger partial charge in [-0.3, -0.25) is 4.79 Å². The van der Waals surface area contributed by atoms with Crippen LogP contribution in [0.25, 0.3) is 6.08 Å². The van der Waals surface area contributed by atoms with Gasteiger partial charge in [0.05, 0.1) is 7.11 Å². The molecule has 0 radical (unpaired) electrons. The van der Waals surface area contributed by atoms with Crippen molar-refractivity contribution in [2.75, 3.05) is 13.7 Å². The number of halogens is 1. The molecular weight excluding hydrogens is 314 g/mol. The van der Waals surface area contributed by atoms with E-state index >= 15 is 0 Å². The fourth-order valence-corrected chi connectivity index (χ4v) is 3.06. The molecule has 0 aliphatic carbocycles. The third-order valence-corrected chi connectivity index (χ3v) is 4.65. The van der Waals surface area contributed by atoms with Gasteiger partial charge in [0.1, 0.15) is 6.54 Å². The Morgan fingerprint density at radius 1 is 1.33 bits per heavy atom. The van der Waals surface area contributed by atoms with Gasteiger partial charge in [0, 0.05) is 16.5 Å². The number of rotatable bonds is 6. The number of benzene rings is 1. The molecule has 0 saturated heterocycles. The average Bonchev–Trinajstić information content (AvgIpc) is 2.43. The molecule has 0 fully saturated rings. The van der Waals surface area contributed by atoms with Crippen LogP contribution in [0.15, 0.2) is 29.7 Å². The van der Waals surface area contributed by atoms with E-state index in [1.54, 1.807) is 38.1 Å². The number of hydrogen-bond donors (Lipinski definition) is 0. The molecule has 7 heteroatoms. The van der Waals surface area contributed by atoms with Gasteiger partial charge in [-0.25, -0.2) is 8.42 Å². The van der Waals surface area contributed by atoms with E-state index in [-0.39, 0.29) is 12.6 Å². The molecule has 0 aliphatic rings. The first-order valence-corrected chi connectivity index (χ1v) is 8.16. The normalized spacial score (nSPS) is 12.3. The number of methoxy groups -OCH3 is 1. The van der Waals surface area contributed by atoms with Gasteiger partial charge in [-0.05, 0) is 37.6 Å². The van der Waals surface area contributed by atoms with Crippen molar-refractivity contribution in [3.63, 3.8) is 0 Å². The van der Waals surface area contributed by atoms with Gasteiger partial charge in [0.25, 0.3) is 0 Å². The molecule has 0 saturated carbocycles. The summed E-state index contributed by atoms with van der Waals surface area (Å²) in [4.78, 5) is 11.3.